The Balaban J connectivity index is 1.73. The van der Waals surface area contributed by atoms with Crippen molar-refractivity contribution in [3.63, 3.8) is 0 Å². The molecular formula is C31H37FN2O6. The quantitative estimate of drug-likeness (QED) is 0.315. The zero-order valence-electron chi connectivity index (χ0n) is 23.6. The average Bonchev–Trinajstić information content (AvgIpc) is 2.87. The highest BCUT2D eigenvalue weighted by Gasteiger charge is 2.26. The third-order valence-corrected chi connectivity index (χ3v) is 7.43. The van der Waals surface area contributed by atoms with E-state index >= 15 is 0 Å². The van der Waals surface area contributed by atoms with Crippen molar-refractivity contribution in [2.75, 3.05) is 6.54 Å². The number of amides is 1. The zero-order chi connectivity index (χ0) is 29.2. The van der Waals surface area contributed by atoms with Crippen LogP contribution in [-0.4, -0.2) is 33.5 Å². The van der Waals surface area contributed by atoms with Crippen LogP contribution in [0.25, 0.3) is 11.1 Å². The van der Waals surface area contributed by atoms with E-state index in [1.165, 1.54) is 22.8 Å². The van der Waals surface area contributed by atoms with E-state index in [0.717, 1.165) is 25.7 Å². The molecule has 0 atom stereocenters. The van der Waals surface area contributed by atoms with E-state index in [2.05, 4.69) is 5.32 Å². The molecule has 0 unspecified atom stereocenters. The molecule has 4 rings (SSSR count). The number of carbonyl (C=O) groups is 1. The lowest BCUT2D eigenvalue weighted by atomic mass is 9.87. The van der Waals surface area contributed by atoms with E-state index in [-0.39, 0.29) is 23.4 Å². The van der Waals surface area contributed by atoms with Gasteiger partial charge < -0.3 is 29.6 Å². The molecule has 2 aromatic carbocycles. The van der Waals surface area contributed by atoms with Gasteiger partial charge in [-0.25, -0.2) is 9.18 Å². The van der Waals surface area contributed by atoms with Crippen molar-refractivity contribution < 1.29 is 28.9 Å². The molecule has 1 fully saturated rings. The Kier molecular flexibility index (Phi) is 8.54. The summed E-state index contributed by atoms with van der Waals surface area (Å²) in [6, 6.07) is 9.65. The van der Waals surface area contributed by atoms with Gasteiger partial charge in [-0.1, -0.05) is 6.07 Å². The Labute approximate surface area is 233 Å². The molecule has 0 radical (unpaired) electrons. The smallest absolute Gasteiger partial charge is 0.404 e. The van der Waals surface area contributed by atoms with Crippen LogP contribution in [0.1, 0.15) is 56.2 Å². The SMILES string of the molecule is Cc1cc(F)cc(C)c1Oc1ccc(C(C)(C)O)cc1-c1cn(C)c(=O)cc1OC1CCC(CNC(=O)O)CC1. The molecule has 3 aromatic rings. The van der Waals surface area contributed by atoms with Gasteiger partial charge in [0.15, 0.2) is 0 Å². The average molecular weight is 553 g/mol. The highest BCUT2D eigenvalue weighted by Crippen LogP contribution is 2.42. The second-order valence-corrected chi connectivity index (χ2v) is 11.2. The van der Waals surface area contributed by atoms with Crippen LogP contribution >= 0.6 is 0 Å². The summed E-state index contributed by atoms with van der Waals surface area (Å²) < 4.78 is 28.2. The first-order valence-electron chi connectivity index (χ1n) is 13.5. The second-order valence-electron chi connectivity index (χ2n) is 11.2. The number of pyridine rings is 1. The lowest BCUT2D eigenvalue weighted by Crippen LogP contribution is -2.32. The third-order valence-electron chi connectivity index (χ3n) is 7.43. The van der Waals surface area contributed by atoms with Crippen LogP contribution in [0.4, 0.5) is 9.18 Å². The van der Waals surface area contributed by atoms with Gasteiger partial charge in [0.05, 0.1) is 11.7 Å². The number of aromatic nitrogens is 1. The number of carboxylic acid groups (broad SMARTS) is 1. The molecule has 1 aliphatic rings. The van der Waals surface area contributed by atoms with E-state index in [1.54, 1.807) is 53.1 Å². The number of aliphatic hydroxyl groups is 1. The standard InChI is InChI=1S/C31H37FN2O6/c1-18-12-22(32)13-19(2)29(18)40-26-11-8-21(31(3,4)38)14-24(26)25-17-34(5)28(35)15-27(25)39-23-9-6-20(7-10-23)16-33-30(36)37/h8,11-15,17,20,23,33,38H,6-7,9-10,16H2,1-5H3,(H,36,37). The van der Waals surface area contributed by atoms with Gasteiger partial charge in [0.1, 0.15) is 23.1 Å². The predicted octanol–water partition coefficient (Wildman–Crippen LogP) is 6.03. The van der Waals surface area contributed by atoms with Crippen LogP contribution < -0.4 is 20.3 Å². The van der Waals surface area contributed by atoms with Crippen LogP contribution in [0.15, 0.2) is 47.4 Å². The number of hydrogen-bond acceptors (Lipinski definition) is 5. The van der Waals surface area contributed by atoms with Crippen molar-refractivity contribution in [1.29, 1.82) is 0 Å². The van der Waals surface area contributed by atoms with E-state index in [1.807, 2.05) is 6.07 Å². The minimum absolute atomic E-state index is 0.143. The molecular weight excluding hydrogens is 515 g/mol. The molecule has 1 saturated carbocycles. The van der Waals surface area contributed by atoms with Gasteiger partial charge in [-0.3, -0.25) is 4.79 Å². The van der Waals surface area contributed by atoms with E-state index < -0.39 is 11.7 Å². The van der Waals surface area contributed by atoms with E-state index in [0.29, 0.717) is 51.6 Å². The molecule has 0 spiro atoms. The second kappa shape index (κ2) is 11.7. The van der Waals surface area contributed by atoms with Gasteiger partial charge in [0.25, 0.3) is 5.56 Å². The van der Waals surface area contributed by atoms with Crippen molar-refractivity contribution in [3.8, 4) is 28.4 Å². The summed E-state index contributed by atoms with van der Waals surface area (Å²) in [5.41, 5.74) is 1.79. The zero-order valence-corrected chi connectivity index (χ0v) is 23.6. The van der Waals surface area contributed by atoms with Gasteiger partial charge in [-0.2, -0.15) is 0 Å². The van der Waals surface area contributed by atoms with Crippen LogP contribution in [0, 0.1) is 25.6 Å². The van der Waals surface area contributed by atoms with Crippen molar-refractivity contribution in [2.45, 2.75) is 65.1 Å². The minimum atomic E-state index is -1.14. The Morgan fingerprint density at radius 1 is 1.05 bits per heavy atom. The summed E-state index contributed by atoms with van der Waals surface area (Å²) in [6.07, 6.45) is 3.58. The summed E-state index contributed by atoms with van der Waals surface area (Å²) in [5.74, 6) is 1.30. The Morgan fingerprint density at radius 2 is 1.70 bits per heavy atom. The van der Waals surface area contributed by atoms with Crippen LogP contribution in [-0.2, 0) is 12.6 Å². The van der Waals surface area contributed by atoms with E-state index in [9.17, 15) is 19.1 Å². The number of halogens is 1. The van der Waals surface area contributed by atoms with Crippen LogP contribution in [0.3, 0.4) is 0 Å². The number of aryl methyl sites for hydroxylation is 3. The highest BCUT2D eigenvalue weighted by atomic mass is 19.1. The van der Waals surface area contributed by atoms with Crippen molar-refractivity contribution in [3.05, 3.63) is 75.5 Å². The first-order chi connectivity index (χ1) is 18.8. The summed E-state index contributed by atoms with van der Waals surface area (Å²) >= 11 is 0. The minimum Gasteiger partial charge on any atom is -0.490 e. The lowest BCUT2D eigenvalue weighted by Gasteiger charge is -2.30. The van der Waals surface area contributed by atoms with Crippen LogP contribution in [0.5, 0.6) is 17.2 Å². The van der Waals surface area contributed by atoms with Gasteiger partial charge in [0, 0.05) is 37.0 Å². The molecule has 0 saturated heterocycles. The summed E-state index contributed by atoms with van der Waals surface area (Å²) in [5, 5.41) is 22.1. The molecule has 1 aliphatic carbocycles. The van der Waals surface area contributed by atoms with Crippen molar-refractivity contribution in [1.82, 2.24) is 9.88 Å². The number of hydrogen-bond donors (Lipinski definition) is 3. The molecule has 1 heterocycles. The van der Waals surface area contributed by atoms with Gasteiger partial charge in [-0.15, -0.1) is 0 Å². The monoisotopic (exact) mass is 552 g/mol. The molecule has 214 valence electrons. The molecule has 3 N–H and O–H groups in total. The molecule has 1 amide bonds. The number of rotatable bonds is 8. The van der Waals surface area contributed by atoms with Gasteiger partial charge in [-0.05, 0) is 100 Å². The molecule has 9 heteroatoms. The summed E-state index contributed by atoms with van der Waals surface area (Å²) in [6.45, 7) is 7.35. The lowest BCUT2D eigenvalue weighted by molar-refractivity contribution is 0.0786. The Bertz CT molecular complexity index is 1430. The maximum Gasteiger partial charge on any atom is 0.404 e. The van der Waals surface area contributed by atoms with Crippen molar-refractivity contribution in [2.24, 2.45) is 13.0 Å². The number of nitrogens with one attached hydrogen (secondary N) is 1. The molecule has 1 aromatic heterocycles. The maximum atomic E-state index is 14.0. The predicted molar refractivity (Wildman–Crippen MR) is 151 cm³/mol. The molecule has 8 nitrogen and oxygen atoms in total. The largest absolute Gasteiger partial charge is 0.490 e. The van der Waals surface area contributed by atoms with Crippen molar-refractivity contribution >= 4 is 6.09 Å². The fourth-order valence-electron chi connectivity index (χ4n) is 5.16. The third kappa shape index (κ3) is 6.83. The highest BCUT2D eigenvalue weighted by molar-refractivity contribution is 5.76. The van der Waals surface area contributed by atoms with Gasteiger partial charge in [0.2, 0.25) is 0 Å². The van der Waals surface area contributed by atoms with Crippen LogP contribution in [0.2, 0.25) is 0 Å². The van der Waals surface area contributed by atoms with E-state index in [4.69, 9.17) is 14.6 Å². The molecule has 0 bridgehead atoms. The number of ether oxygens (including phenoxy) is 2. The number of nitrogens with zero attached hydrogens (tertiary/aromatic N) is 1. The summed E-state index contributed by atoms with van der Waals surface area (Å²) in [7, 11) is 1.66. The Morgan fingerprint density at radius 3 is 2.30 bits per heavy atom. The first-order valence-corrected chi connectivity index (χ1v) is 13.5. The fourth-order valence-corrected chi connectivity index (χ4v) is 5.16. The van der Waals surface area contributed by atoms with Gasteiger partial charge >= 0.3 is 6.09 Å². The molecule has 40 heavy (non-hydrogen) atoms. The maximum absolute atomic E-state index is 14.0. The Hall–Kier alpha value is -3.85. The summed E-state index contributed by atoms with van der Waals surface area (Å²) in [4.78, 5) is 23.6. The number of benzene rings is 2. The molecule has 0 aliphatic heterocycles. The fraction of sp³-hybridized carbons (Fsp3) is 0.419. The normalized spacial score (nSPS) is 17.4. The topological polar surface area (TPSA) is 110 Å². The first kappa shape index (κ1) is 29.1.